The van der Waals surface area contributed by atoms with Gasteiger partial charge in [0, 0.05) is 10.0 Å². The first-order valence-corrected chi connectivity index (χ1v) is 13.3. The van der Waals surface area contributed by atoms with Crippen LogP contribution < -0.4 is 0 Å². The average Bonchev–Trinajstić information content (AvgIpc) is 2.70. The van der Waals surface area contributed by atoms with E-state index in [-0.39, 0.29) is 23.7 Å². The summed E-state index contributed by atoms with van der Waals surface area (Å²) in [5, 5.41) is 1.31. The predicted molar refractivity (Wildman–Crippen MR) is 137 cm³/mol. The van der Waals surface area contributed by atoms with Gasteiger partial charge < -0.3 is 0 Å². The molecule has 0 fully saturated rings. The van der Waals surface area contributed by atoms with E-state index in [0.29, 0.717) is 10.0 Å². The maximum atomic E-state index is 13.7. The Morgan fingerprint density at radius 1 is 0.594 bits per heavy atom. The van der Waals surface area contributed by atoms with Gasteiger partial charge in [-0.25, -0.2) is 0 Å². The fourth-order valence-corrected chi connectivity index (χ4v) is 7.00. The van der Waals surface area contributed by atoms with E-state index >= 15 is 0 Å². The SMILES string of the molecule is CC(C)C(O[PH](=O)OC(c1ccc(Cl)cc1)(C(C)C)C(C)C)(c1ccc(Cl)cc1)C(C)C. The lowest BCUT2D eigenvalue weighted by molar-refractivity contribution is -0.0746. The zero-order valence-corrected chi connectivity index (χ0v) is 22.9. The molecule has 0 aliphatic carbocycles. The first kappa shape index (κ1) is 27.4. The summed E-state index contributed by atoms with van der Waals surface area (Å²) in [7, 11) is -2.91. The van der Waals surface area contributed by atoms with Gasteiger partial charge in [0.2, 0.25) is 0 Å². The molecular weight excluding hydrogens is 462 g/mol. The van der Waals surface area contributed by atoms with Crippen LogP contribution in [0.3, 0.4) is 0 Å². The molecule has 2 rings (SSSR count). The van der Waals surface area contributed by atoms with Crippen molar-refractivity contribution in [2.75, 3.05) is 0 Å². The third kappa shape index (κ3) is 5.45. The molecule has 0 aromatic heterocycles. The largest absolute Gasteiger partial charge is 0.320 e. The van der Waals surface area contributed by atoms with E-state index in [1.807, 2.05) is 48.5 Å². The van der Waals surface area contributed by atoms with E-state index in [1.165, 1.54) is 0 Å². The molecule has 0 N–H and O–H groups in total. The van der Waals surface area contributed by atoms with Gasteiger partial charge in [0.1, 0.15) is 11.2 Å². The summed E-state index contributed by atoms with van der Waals surface area (Å²) < 4.78 is 26.5. The molecule has 32 heavy (non-hydrogen) atoms. The molecule has 2 aromatic carbocycles. The van der Waals surface area contributed by atoms with Crippen molar-refractivity contribution in [1.82, 2.24) is 0 Å². The van der Waals surface area contributed by atoms with Crippen LogP contribution >= 0.6 is 31.5 Å². The Morgan fingerprint density at radius 3 is 1.06 bits per heavy atom. The summed E-state index contributed by atoms with van der Waals surface area (Å²) in [4.78, 5) is 0. The third-order valence-corrected chi connectivity index (χ3v) is 8.04. The molecule has 0 heterocycles. The minimum absolute atomic E-state index is 0.0595. The predicted octanol–water partition coefficient (Wildman–Crippen LogP) is 9.13. The molecule has 6 heteroatoms. The van der Waals surface area contributed by atoms with Crippen LogP contribution in [0.25, 0.3) is 0 Å². The smallest absolute Gasteiger partial charge is 0.299 e. The Balaban J connectivity index is 2.51. The van der Waals surface area contributed by atoms with Crippen LogP contribution in [0.15, 0.2) is 48.5 Å². The Morgan fingerprint density at radius 2 is 0.844 bits per heavy atom. The molecule has 3 nitrogen and oxygen atoms in total. The molecule has 2 aromatic rings. The van der Waals surface area contributed by atoms with Crippen molar-refractivity contribution in [2.24, 2.45) is 23.7 Å². The van der Waals surface area contributed by atoms with E-state index in [4.69, 9.17) is 32.2 Å². The zero-order chi connectivity index (χ0) is 24.3. The van der Waals surface area contributed by atoms with E-state index in [0.717, 1.165) is 11.1 Å². The first-order chi connectivity index (χ1) is 14.9. The second kappa shape index (κ2) is 11.1. The molecule has 178 valence electrons. The minimum Gasteiger partial charge on any atom is -0.299 e. The first-order valence-electron chi connectivity index (χ1n) is 11.3. The second-order valence-corrected chi connectivity index (χ2v) is 11.5. The van der Waals surface area contributed by atoms with Gasteiger partial charge in [-0.3, -0.25) is 13.6 Å². The highest BCUT2D eigenvalue weighted by molar-refractivity contribution is 7.33. The van der Waals surface area contributed by atoms with Crippen LogP contribution in [0.4, 0.5) is 0 Å². The molecule has 0 saturated heterocycles. The minimum atomic E-state index is -2.91. The van der Waals surface area contributed by atoms with Gasteiger partial charge in [-0.15, -0.1) is 0 Å². The highest BCUT2D eigenvalue weighted by Crippen LogP contribution is 2.53. The Bertz CT molecular complexity index is 801. The third-order valence-electron chi connectivity index (χ3n) is 6.53. The fourth-order valence-electron chi connectivity index (χ4n) is 4.97. The number of hydrogen-bond donors (Lipinski definition) is 0. The van der Waals surface area contributed by atoms with Gasteiger partial charge in [0.25, 0.3) is 0 Å². The van der Waals surface area contributed by atoms with Crippen molar-refractivity contribution in [2.45, 2.75) is 66.6 Å². The van der Waals surface area contributed by atoms with Gasteiger partial charge >= 0.3 is 8.25 Å². The molecule has 0 spiro atoms. The van der Waals surface area contributed by atoms with Crippen molar-refractivity contribution in [3.05, 3.63) is 69.7 Å². The van der Waals surface area contributed by atoms with Crippen molar-refractivity contribution in [3.8, 4) is 0 Å². The summed E-state index contributed by atoms with van der Waals surface area (Å²) >= 11 is 12.3. The lowest BCUT2D eigenvalue weighted by atomic mass is 9.75. The van der Waals surface area contributed by atoms with Crippen LogP contribution in [0.2, 0.25) is 10.0 Å². The normalized spacial score (nSPS) is 13.2. The maximum Gasteiger partial charge on any atom is 0.320 e. The standard InChI is InChI=1S/C26H37Cl2O3P/c1-17(2)25(18(3)4,21-9-13-23(27)14-10-21)30-32(29)31-26(19(5)6,20(7)8)22-11-15-24(28)16-12-22/h9-20,32H,1-8H3. The van der Waals surface area contributed by atoms with Crippen molar-refractivity contribution in [3.63, 3.8) is 0 Å². The Labute approximate surface area is 204 Å². The Hall–Kier alpha value is -0.830. The zero-order valence-electron chi connectivity index (χ0n) is 20.4. The van der Waals surface area contributed by atoms with Gasteiger partial charge in [-0.2, -0.15) is 0 Å². The summed E-state index contributed by atoms with van der Waals surface area (Å²) in [5.41, 5.74) is 0.334. The molecule has 0 aliphatic heterocycles. The monoisotopic (exact) mass is 498 g/mol. The highest BCUT2D eigenvalue weighted by atomic mass is 35.5. The average molecular weight is 499 g/mol. The van der Waals surface area contributed by atoms with Crippen LogP contribution in [0.5, 0.6) is 0 Å². The van der Waals surface area contributed by atoms with Crippen molar-refractivity contribution in [1.29, 1.82) is 0 Å². The number of halogens is 2. The summed E-state index contributed by atoms with van der Waals surface area (Å²) in [6.07, 6.45) is 0. The van der Waals surface area contributed by atoms with Crippen LogP contribution in [-0.2, 0) is 24.8 Å². The molecule has 0 saturated carbocycles. The van der Waals surface area contributed by atoms with E-state index in [2.05, 4.69) is 55.4 Å². The lowest BCUT2D eigenvalue weighted by Gasteiger charge is -2.45. The van der Waals surface area contributed by atoms with Gasteiger partial charge in [-0.1, -0.05) is 103 Å². The molecule has 0 aliphatic rings. The molecular formula is C26H37Cl2O3P. The van der Waals surface area contributed by atoms with E-state index < -0.39 is 19.5 Å². The summed E-state index contributed by atoms with van der Waals surface area (Å²) in [5.74, 6) is 0.238. The van der Waals surface area contributed by atoms with Crippen molar-refractivity contribution >= 4 is 31.5 Å². The highest BCUT2D eigenvalue weighted by Gasteiger charge is 2.46. The number of rotatable bonds is 10. The van der Waals surface area contributed by atoms with Crippen LogP contribution in [0.1, 0.15) is 66.5 Å². The summed E-state index contributed by atoms with van der Waals surface area (Å²) in [6.45, 7) is 16.7. The molecule has 0 radical (unpaired) electrons. The second-order valence-electron chi connectivity index (χ2n) is 9.67. The van der Waals surface area contributed by atoms with Crippen LogP contribution in [0, 0.1) is 23.7 Å². The van der Waals surface area contributed by atoms with Gasteiger partial charge in [-0.05, 0) is 59.1 Å². The lowest BCUT2D eigenvalue weighted by Crippen LogP contribution is -2.42. The fraction of sp³-hybridized carbons (Fsp3) is 0.538. The Kier molecular flexibility index (Phi) is 9.48. The van der Waals surface area contributed by atoms with E-state index in [1.54, 1.807) is 0 Å². The van der Waals surface area contributed by atoms with Gasteiger partial charge in [0.05, 0.1) is 0 Å². The number of hydrogen-bond acceptors (Lipinski definition) is 3. The maximum absolute atomic E-state index is 13.7. The quantitative estimate of drug-likeness (QED) is 0.306. The van der Waals surface area contributed by atoms with Gasteiger partial charge in [0.15, 0.2) is 0 Å². The molecule has 0 atom stereocenters. The number of benzene rings is 2. The molecule has 0 unspecified atom stereocenters. The van der Waals surface area contributed by atoms with Crippen molar-refractivity contribution < 1.29 is 13.6 Å². The molecule has 0 amide bonds. The molecule has 0 bridgehead atoms. The van der Waals surface area contributed by atoms with Crippen LogP contribution in [-0.4, -0.2) is 0 Å². The summed E-state index contributed by atoms with van der Waals surface area (Å²) in [6, 6.07) is 15.2. The van der Waals surface area contributed by atoms with E-state index in [9.17, 15) is 4.57 Å². The topological polar surface area (TPSA) is 35.5 Å².